The van der Waals surface area contributed by atoms with Crippen LogP contribution in [-0.2, 0) is 10.9 Å². The number of benzene rings is 1. The zero-order valence-corrected chi connectivity index (χ0v) is 19.0. The third-order valence-corrected chi connectivity index (χ3v) is 4.86. The van der Waals surface area contributed by atoms with Gasteiger partial charge < -0.3 is 25.8 Å². The smallest absolute Gasteiger partial charge is 0.396 e. The van der Waals surface area contributed by atoms with Crippen LogP contribution in [0.25, 0.3) is 0 Å². The number of carbonyl (C=O) groups is 1. The minimum absolute atomic E-state index is 0. The van der Waals surface area contributed by atoms with E-state index in [0.29, 0.717) is 38.7 Å². The number of hydrogen-bond donors (Lipinski definition) is 4. The Morgan fingerprint density at radius 2 is 1.87 bits per heavy atom. The number of rotatable bonds is 8. The van der Waals surface area contributed by atoms with Crippen molar-refractivity contribution in [3.05, 3.63) is 35.4 Å². The lowest BCUT2D eigenvalue weighted by molar-refractivity contribution is -0.137. The van der Waals surface area contributed by atoms with Gasteiger partial charge in [-0.15, -0.1) is 24.0 Å². The molecule has 0 spiro atoms. The van der Waals surface area contributed by atoms with Crippen LogP contribution in [0.3, 0.4) is 0 Å². The number of guanidine groups is 1. The number of aliphatic hydroxyl groups is 1. The number of nitrogens with one attached hydrogen (secondary N) is 3. The van der Waals surface area contributed by atoms with Crippen LogP contribution in [0.2, 0.25) is 0 Å². The summed E-state index contributed by atoms with van der Waals surface area (Å²) in [4.78, 5) is 16.1. The number of ether oxygens (including phenoxy) is 1. The maximum Gasteiger partial charge on any atom is 0.416 e. The fourth-order valence-electron chi connectivity index (χ4n) is 3.07. The molecule has 1 atom stereocenters. The first-order valence-electron chi connectivity index (χ1n) is 9.38. The largest absolute Gasteiger partial charge is 0.416 e. The first-order chi connectivity index (χ1) is 13.8. The van der Waals surface area contributed by atoms with E-state index in [9.17, 15) is 23.1 Å². The van der Waals surface area contributed by atoms with Crippen molar-refractivity contribution >= 4 is 35.8 Å². The fourth-order valence-corrected chi connectivity index (χ4v) is 3.07. The molecule has 1 aromatic rings. The minimum atomic E-state index is -4.43. The van der Waals surface area contributed by atoms with Gasteiger partial charge in [-0.3, -0.25) is 9.79 Å². The number of amides is 1. The van der Waals surface area contributed by atoms with E-state index in [0.717, 1.165) is 30.7 Å². The van der Waals surface area contributed by atoms with Gasteiger partial charge in [0, 0.05) is 50.9 Å². The maximum atomic E-state index is 12.6. The third kappa shape index (κ3) is 7.91. The van der Waals surface area contributed by atoms with E-state index in [1.165, 1.54) is 0 Å². The molecule has 1 aromatic carbocycles. The van der Waals surface area contributed by atoms with E-state index in [4.69, 9.17) is 4.74 Å². The lowest BCUT2D eigenvalue weighted by Gasteiger charge is -2.27. The van der Waals surface area contributed by atoms with Crippen LogP contribution in [-0.4, -0.2) is 63.5 Å². The lowest BCUT2D eigenvalue weighted by Crippen LogP contribution is -2.46. The van der Waals surface area contributed by atoms with Crippen molar-refractivity contribution in [1.29, 1.82) is 0 Å². The predicted molar refractivity (Wildman–Crippen MR) is 118 cm³/mol. The summed E-state index contributed by atoms with van der Waals surface area (Å²) in [5.74, 6) is 0.103. The van der Waals surface area contributed by atoms with Crippen LogP contribution in [0.15, 0.2) is 29.3 Å². The molecule has 30 heavy (non-hydrogen) atoms. The van der Waals surface area contributed by atoms with Crippen LogP contribution in [0.5, 0.6) is 0 Å². The van der Waals surface area contributed by atoms with Gasteiger partial charge in [0.15, 0.2) is 5.96 Å². The highest BCUT2D eigenvalue weighted by Gasteiger charge is 2.34. The number of halogens is 4. The van der Waals surface area contributed by atoms with E-state index in [-0.39, 0.29) is 48.1 Å². The van der Waals surface area contributed by atoms with Crippen LogP contribution < -0.4 is 16.0 Å². The normalized spacial score (nSPS) is 19.2. The van der Waals surface area contributed by atoms with Crippen molar-refractivity contribution in [2.45, 2.75) is 19.0 Å². The number of aliphatic hydroxyl groups excluding tert-OH is 1. The van der Waals surface area contributed by atoms with E-state index in [1.807, 2.05) is 0 Å². The molecular weight excluding hydrogens is 516 g/mol. The second kappa shape index (κ2) is 12.3. The van der Waals surface area contributed by atoms with Gasteiger partial charge >= 0.3 is 6.18 Å². The SMILES string of the molecule is CN=C(NCCNC(=O)c1ccc(C(F)(F)F)cc1)NCC1(CCO)CCOC1.I. The van der Waals surface area contributed by atoms with Gasteiger partial charge in [0.05, 0.1) is 12.2 Å². The van der Waals surface area contributed by atoms with Crippen LogP contribution >= 0.6 is 24.0 Å². The topological polar surface area (TPSA) is 95.0 Å². The zero-order chi connectivity index (χ0) is 21.3. The molecule has 0 radical (unpaired) electrons. The second-order valence-electron chi connectivity index (χ2n) is 6.96. The molecule has 1 unspecified atom stereocenters. The monoisotopic (exact) mass is 544 g/mol. The summed E-state index contributed by atoms with van der Waals surface area (Å²) in [6.45, 7) is 2.60. The average Bonchev–Trinajstić information content (AvgIpc) is 3.15. The van der Waals surface area contributed by atoms with Gasteiger partial charge in [0.2, 0.25) is 0 Å². The first-order valence-corrected chi connectivity index (χ1v) is 9.38. The highest BCUT2D eigenvalue weighted by Crippen LogP contribution is 2.31. The molecule has 0 bridgehead atoms. The summed E-state index contributed by atoms with van der Waals surface area (Å²) in [6.07, 6.45) is -2.93. The van der Waals surface area contributed by atoms with Gasteiger partial charge in [-0.25, -0.2) is 0 Å². The lowest BCUT2D eigenvalue weighted by atomic mass is 9.84. The summed E-state index contributed by atoms with van der Waals surface area (Å²) in [5.41, 5.74) is -0.756. The number of alkyl halides is 3. The zero-order valence-electron chi connectivity index (χ0n) is 16.7. The van der Waals surface area contributed by atoms with E-state index in [2.05, 4.69) is 20.9 Å². The highest BCUT2D eigenvalue weighted by molar-refractivity contribution is 14.0. The number of aliphatic imine (C=N–C) groups is 1. The Morgan fingerprint density at radius 3 is 2.40 bits per heavy atom. The minimum Gasteiger partial charge on any atom is -0.396 e. The molecule has 170 valence electrons. The summed E-state index contributed by atoms with van der Waals surface area (Å²) >= 11 is 0. The summed E-state index contributed by atoms with van der Waals surface area (Å²) in [7, 11) is 1.62. The molecule has 0 aliphatic carbocycles. The van der Waals surface area contributed by atoms with Gasteiger partial charge in [-0.1, -0.05) is 0 Å². The Kier molecular flexibility index (Phi) is 10.8. The molecule has 0 saturated carbocycles. The second-order valence-corrected chi connectivity index (χ2v) is 6.96. The maximum absolute atomic E-state index is 12.6. The first kappa shape index (κ1) is 26.4. The average molecular weight is 544 g/mol. The third-order valence-electron chi connectivity index (χ3n) is 4.86. The Morgan fingerprint density at radius 1 is 1.20 bits per heavy atom. The number of nitrogens with zero attached hydrogens (tertiary/aromatic N) is 1. The van der Waals surface area contributed by atoms with Crippen molar-refractivity contribution in [3.63, 3.8) is 0 Å². The van der Waals surface area contributed by atoms with Gasteiger partial charge in [-0.05, 0) is 37.1 Å². The Hall–Kier alpha value is -1.60. The van der Waals surface area contributed by atoms with Crippen molar-refractivity contribution in [1.82, 2.24) is 16.0 Å². The quantitative estimate of drug-likeness (QED) is 0.174. The number of hydrogen-bond acceptors (Lipinski definition) is 4. The van der Waals surface area contributed by atoms with Crippen LogP contribution in [0, 0.1) is 5.41 Å². The molecule has 0 aromatic heterocycles. The molecule has 1 amide bonds. The van der Waals surface area contributed by atoms with Crippen LogP contribution in [0.4, 0.5) is 13.2 Å². The highest BCUT2D eigenvalue weighted by atomic mass is 127. The standard InChI is InChI=1S/C19H27F3N4O3.HI/c1-23-17(26-12-18(6-10-27)7-11-29-13-18)25-9-8-24-16(28)14-2-4-15(5-3-14)19(20,21)22;/h2-5,27H,6-13H2,1H3,(H,24,28)(H2,23,25,26);1H. The van der Waals surface area contributed by atoms with Crippen molar-refractivity contribution in [3.8, 4) is 0 Å². The van der Waals surface area contributed by atoms with E-state index < -0.39 is 17.6 Å². The van der Waals surface area contributed by atoms with Gasteiger partial charge in [-0.2, -0.15) is 13.2 Å². The molecule has 11 heteroatoms. The summed E-state index contributed by atoms with van der Waals surface area (Å²) < 4.78 is 43.1. The van der Waals surface area contributed by atoms with E-state index in [1.54, 1.807) is 7.05 Å². The fraction of sp³-hybridized carbons (Fsp3) is 0.579. The molecule has 1 aliphatic rings. The molecule has 7 nitrogen and oxygen atoms in total. The van der Waals surface area contributed by atoms with Crippen LogP contribution in [0.1, 0.15) is 28.8 Å². The summed E-state index contributed by atoms with van der Waals surface area (Å²) in [6, 6.07) is 4.06. The molecule has 1 aliphatic heterocycles. The van der Waals surface area contributed by atoms with Crippen molar-refractivity contribution < 1.29 is 27.8 Å². The molecule has 1 saturated heterocycles. The Labute approximate surface area is 190 Å². The Bertz CT molecular complexity index is 693. The van der Waals surface area contributed by atoms with E-state index >= 15 is 0 Å². The van der Waals surface area contributed by atoms with Gasteiger partial charge in [0.1, 0.15) is 0 Å². The molecule has 2 rings (SSSR count). The number of carbonyl (C=O) groups excluding carboxylic acids is 1. The predicted octanol–water partition coefficient (Wildman–Crippen LogP) is 2.01. The van der Waals surface area contributed by atoms with Gasteiger partial charge in [0.25, 0.3) is 5.91 Å². The molecule has 1 fully saturated rings. The van der Waals surface area contributed by atoms with Crippen molar-refractivity contribution in [2.75, 3.05) is 46.5 Å². The Balaban J connectivity index is 0.00000450. The molecule has 4 N–H and O–H groups in total. The molecule has 1 heterocycles. The summed E-state index contributed by atoms with van der Waals surface area (Å²) in [5, 5.41) is 18.2. The van der Waals surface area contributed by atoms with Crippen molar-refractivity contribution in [2.24, 2.45) is 10.4 Å². The molecular formula is C19H28F3IN4O3.